The maximum Gasteiger partial charge on any atom is 0.249 e. The van der Waals surface area contributed by atoms with Crippen molar-refractivity contribution in [2.75, 3.05) is 6.61 Å². The van der Waals surface area contributed by atoms with Crippen molar-refractivity contribution in [2.24, 2.45) is 0 Å². The van der Waals surface area contributed by atoms with Gasteiger partial charge in [0.15, 0.2) is 0 Å². The number of carbonyl (C=O) groups is 1. The molecule has 0 aliphatic rings. The van der Waals surface area contributed by atoms with Gasteiger partial charge in [-0.25, -0.2) is 0 Å². The smallest absolute Gasteiger partial charge is 0.249 e. The monoisotopic (exact) mass is 632 g/mol. The van der Waals surface area contributed by atoms with Crippen LogP contribution in [0.5, 0.6) is 0 Å². The summed E-state index contributed by atoms with van der Waals surface area (Å²) in [5, 5.41) is 32.8. The first-order valence-corrected chi connectivity index (χ1v) is 18.9. The molecule has 0 bridgehead atoms. The Balaban J connectivity index is 3.68. The van der Waals surface area contributed by atoms with Gasteiger partial charge < -0.3 is 20.6 Å². The lowest BCUT2D eigenvalue weighted by molar-refractivity contribution is -0.131. The molecule has 0 heterocycles. The molecule has 4 N–H and O–H groups in total. The second-order valence-electron chi connectivity index (χ2n) is 12.8. The highest BCUT2D eigenvalue weighted by Gasteiger charge is 2.22. The minimum atomic E-state index is -1.11. The Kier molecular flexibility index (Phi) is 33.8. The van der Waals surface area contributed by atoms with Gasteiger partial charge in [-0.1, -0.05) is 158 Å². The summed E-state index contributed by atoms with van der Waals surface area (Å²) in [5.74, 6) is -0.527. The molecule has 0 radical (unpaired) electrons. The summed E-state index contributed by atoms with van der Waals surface area (Å²) >= 11 is 0. The zero-order valence-corrected chi connectivity index (χ0v) is 29.5. The summed E-state index contributed by atoms with van der Waals surface area (Å²) in [5.41, 5.74) is 0. The first-order chi connectivity index (χ1) is 22.1. The minimum Gasteiger partial charge on any atom is -0.394 e. The third-order valence-electron chi connectivity index (χ3n) is 8.46. The van der Waals surface area contributed by atoms with Crippen molar-refractivity contribution in [2.45, 2.75) is 193 Å². The first kappa shape index (κ1) is 43.3. The zero-order chi connectivity index (χ0) is 33.1. The van der Waals surface area contributed by atoms with E-state index in [0.717, 1.165) is 44.9 Å². The van der Waals surface area contributed by atoms with E-state index in [4.69, 9.17) is 0 Å². The number of hydrogen-bond donors (Lipinski definition) is 4. The van der Waals surface area contributed by atoms with Crippen molar-refractivity contribution >= 4 is 5.91 Å². The average molecular weight is 632 g/mol. The van der Waals surface area contributed by atoms with Crippen molar-refractivity contribution in [3.63, 3.8) is 0 Å². The van der Waals surface area contributed by atoms with Crippen LogP contribution in [0.15, 0.2) is 48.6 Å². The van der Waals surface area contributed by atoms with E-state index in [1.165, 1.54) is 109 Å². The molecule has 0 aromatic carbocycles. The van der Waals surface area contributed by atoms with E-state index in [9.17, 15) is 20.1 Å². The van der Waals surface area contributed by atoms with Gasteiger partial charge in [0.25, 0.3) is 0 Å². The summed E-state index contributed by atoms with van der Waals surface area (Å²) in [6, 6.07) is -0.821. The van der Waals surface area contributed by atoms with Gasteiger partial charge in [0.05, 0.1) is 18.8 Å². The van der Waals surface area contributed by atoms with Crippen molar-refractivity contribution in [1.29, 1.82) is 0 Å². The van der Waals surface area contributed by atoms with Gasteiger partial charge in [0, 0.05) is 0 Å². The van der Waals surface area contributed by atoms with Gasteiger partial charge in [-0.3, -0.25) is 4.79 Å². The molecule has 45 heavy (non-hydrogen) atoms. The van der Waals surface area contributed by atoms with Crippen molar-refractivity contribution in [1.82, 2.24) is 5.32 Å². The fourth-order valence-corrected chi connectivity index (χ4v) is 5.45. The average Bonchev–Trinajstić information content (AvgIpc) is 3.04. The van der Waals surface area contributed by atoms with Crippen molar-refractivity contribution in [3.8, 4) is 0 Å². The molecule has 0 rings (SSSR count). The molecule has 0 saturated heterocycles. The molecule has 3 unspecified atom stereocenters. The molecule has 262 valence electrons. The van der Waals surface area contributed by atoms with E-state index in [0.29, 0.717) is 6.42 Å². The van der Waals surface area contributed by atoms with Gasteiger partial charge in [-0.15, -0.1) is 0 Å². The Morgan fingerprint density at radius 3 is 1.49 bits per heavy atom. The van der Waals surface area contributed by atoms with Gasteiger partial charge in [0.1, 0.15) is 6.10 Å². The maximum absolute atomic E-state index is 12.4. The van der Waals surface area contributed by atoms with Gasteiger partial charge in [0.2, 0.25) is 5.91 Å². The number of allylic oxidation sites excluding steroid dienone is 7. The molecule has 0 aromatic rings. The fourth-order valence-electron chi connectivity index (χ4n) is 5.45. The van der Waals surface area contributed by atoms with Crippen LogP contribution in [-0.2, 0) is 4.79 Å². The van der Waals surface area contributed by atoms with E-state index in [1.807, 2.05) is 13.0 Å². The Hall–Kier alpha value is -1.69. The normalized spacial score (nSPS) is 14.3. The minimum absolute atomic E-state index is 0.386. The van der Waals surface area contributed by atoms with E-state index in [2.05, 4.69) is 48.7 Å². The quantitative estimate of drug-likeness (QED) is 0.0429. The molecule has 5 heteroatoms. The maximum atomic E-state index is 12.4. The van der Waals surface area contributed by atoms with Gasteiger partial charge in [-0.05, 0) is 64.7 Å². The number of aliphatic hydroxyl groups is 3. The number of amides is 1. The van der Waals surface area contributed by atoms with Crippen molar-refractivity contribution in [3.05, 3.63) is 48.6 Å². The molecule has 0 fully saturated rings. The van der Waals surface area contributed by atoms with Crippen LogP contribution in [0.3, 0.4) is 0 Å². The highest BCUT2D eigenvalue weighted by atomic mass is 16.3. The van der Waals surface area contributed by atoms with E-state index in [-0.39, 0.29) is 6.61 Å². The molecule has 0 aromatic heterocycles. The summed E-state index contributed by atoms with van der Waals surface area (Å²) in [4.78, 5) is 12.4. The van der Waals surface area contributed by atoms with Crippen LogP contribution in [0.25, 0.3) is 0 Å². The molecule has 0 aliphatic heterocycles. The van der Waals surface area contributed by atoms with Crippen LogP contribution in [0, 0.1) is 0 Å². The number of unbranched alkanes of at least 4 members (excludes halogenated alkanes) is 20. The van der Waals surface area contributed by atoms with Crippen LogP contribution < -0.4 is 5.32 Å². The number of aliphatic hydroxyl groups excluding tert-OH is 3. The molecule has 0 aliphatic carbocycles. The van der Waals surface area contributed by atoms with Crippen LogP contribution in [0.1, 0.15) is 174 Å². The SMILES string of the molecule is C/C=C/CC/C=C/CC/C=C/C(O)C(CO)NC(=O)C(O)CCCCCCCC/C=C\CCCCCCCCCCCCCC. The molecule has 3 atom stereocenters. The Morgan fingerprint density at radius 2 is 1.00 bits per heavy atom. The third-order valence-corrected chi connectivity index (χ3v) is 8.46. The second kappa shape index (κ2) is 35.2. The Morgan fingerprint density at radius 1 is 0.578 bits per heavy atom. The van der Waals surface area contributed by atoms with Crippen LogP contribution in [0.2, 0.25) is 0 Å². The lowest BCUT2D eigenvalue weighted by Crippen LogP contribution is -2.48. The van der Waals surface area contributed by atoms with Gasteiger partial charge >= 0.3 is 0 Å². The molecular formula is C40H73NO4. The third kappa shape index (κ3) is 30.7. The number of hydrogen-bond acceptors (Lipinski definition) is 4. The molecule has 0 saturated carbocycles. The van der Waals surface area contributed by atoms with E-state index in [1.54, 1.807) is 6.08 Å². The fraction of sp³-hybridized carbons (Fsp3) is 0.775. The standard InChI is InChI=1S/C40H73NO4/c1-3-5-7-9-11-13-14-15-16-17-18-19-20-21-22-23-24-25-27-29-31-33-35-39(44)40(45)41-37(36-42)38(43)34-32-30-28-26-12-10-8-6-4-2/h4,6,12,21-22,26,32,34,37-39,42-44H,3,5,7-11,13-20,23-25,27-31,33,35-36H2,1-2H3,(H,41,45)/b6-4+,22-21-,26-12+,34-32+. The number of carbonyl (C=O) groups excluding carboxylic acids is 1. The summed E-state index contributed by atoms with van der Waals surface area (Å²) in [6.45, 7) is 3.91. The van der Waals surface area contributed by atoms with Crippen molar-refractivity contribution < 1.29 is 20.1 Å². The summed E-state index contributed by atoms with van der Waals surface area (Å²) in [6.07, 6.45) is 44.4. The Labute approximate surface area is 278 Å². The number of rotatable bonds is 33. The number of nitrogens with one attached hydrogen (secondary N) is 1. The predicted octanol–water partition coefficient (Wildman–Crippen LogP) is 10.2. The zero-order valence-electron chi connectivity index (χ0n) is 29.5. The Bertz CT molecular complexity index is 745. The topological polar surface area (TPSA) is 89.8 Å². The van der Waals surface area contributed by atoms with E-state index >= 15 is 0 Å². The molecule has 1 amide bonds. The van der Waals surface area contributed by atoms with E-state index < -0.39 is 24.2 Å². The molecule has 0 spiro atoms. The van der Waals surface area contributed by atoms with Crippen LogP contribution in [-0.4, -0.2) is 46.1 Å². The predicted molar refractivity (Wildman–Crippen MR) is 194 cm³/mol. The molecule has 5 nitrogen and oxygen atoms in total. The lowest BCUT2D eigenvalue weighted by Gasteiger charge is -2.21. The summed E-state index contributed by atoms with van der Waals surface area (Å²) in [7, 11) is 0. The van der Waals surface area contributed by atoms with Gasteiger partial charge in [-0.2, -0.15) is 0 Å². The molecular weight excluding hydrogens is 558 g/mol. The second-order valence-corrected chi connectivity index (χ2v) is 12.8. The highest BCUT2D eigenvalue weighted by Crippen LogP contribution is 2.14. The van der Waals surface area contributed by atoms with Crippen LogP contribution >= 0.6 is 0 Å². The van der Waals surface area contributed by atoms with Crippen LogP contribution in [0.4, 0.5) is 0 Å². The largest absolute Gasteiger partial charge is 0.394 e. The highest BCUT2D eigenvalue weighted by molar-refractivity contribution is 5.80. The lowest BCUT2D eigenvalue weighted by atomic mass is 10.0. The summed E-state index contributed by atoms with van der Waals surface area (Å²) < 4.78 is 0. The first-order valence-electron chi connectivity index (χ1n) is 18.9.